The molecule has 1 N–H and O–H groups in total. The molecule has 2 heterocycles. The van der Waals surface area contributed by atoms with Gasteiger partial charge < -0.3 is 5.11 Å². The van der Waals surface area contributed by atoms with Gasteiger partial charge >= 0.3 is 0 Å². The summed E-state index contributed by atoms with van der Waals surface area (Å²) < 4.78 is 12.3. The van der Waals surface area contributed by atoms with Crippen molar-refractivity contribution in [3.05, 3.63) is 34.9 Å². The van der Waals surface area contributed by atoms with Crippen molar-refractivity contribution in [1.82, 2.24) is 0 Å². The molecule has 3 heteroatoms. The van der Waals surface area contributed by atoms with Crippen LogP contribution in [-0.4, -0.2) is 19.8 Å². The minimum Gasteiger partial charge on any atom is -0.385 e. The second-order valence-electron chi connectivity index (χ2n) is 6.26. The summed E-state index contributed by atoms with van der Waals surface area (Å²) in [5, 5.41) is 11.5. The Balaban J connectivity index is 1.97. The molecule has 3 rings (SSSR count). The lowest BCUT2D eigenvalue weighted by Gasteiger charge is -2.44. The van der Waals surface area contributed by atoms with Crippen LogP contribution < -0.4 is 0 Å². The Kier molecular flexibility index (Phi) is 3.30. The van der Waals surface area contributed by atoms with Gasteiger partial charge in [0.25, 0.3) is 0 Å². The van der Waals surface area contributed by atoms with Gasteiger partial charge in [-0.05, 0) is 50.7 Å². The number of aliphatic hydroxyl groups is 1. The molecule has 2 bridgehead atoms. The summed E-state index contributed by atoms with van der Waals surface area (Å²) >= 11 is 0. The van der Waals surface area contributed by atoms with E-state index in [0.717, 1.165) is 24.0 Å². The molecular weight excluding hydrogens is 256 g/mol. The lowest BCUT2D eigenvalue weighted by molar-refractivity contribution is 0.00598. The maximum Gasteiger partial charge on any atom is 0.0922 e. The second kappa shape index (κ2) is 4.71. The Hall–Kier alpha value is -0.670. The van der Waals surface area contributed by atoms with Gasteiger partial charge in [-0.15, -0.1) is 0 Å². The van der Waals surface area contributed by atoms with Crippen molar-refractivity contribution < 1.29 is 9.32 Å². The molecule has 2 nitrogen and oxygen atoms in total. The van der Waals surface area contributed by atoms with Crippen molar-refractivity contribution in [3.8, 4) is 0 Å². The molecule has 1 aromatic rings. The minimum absolute atomic E-state index is 0.193. The van der Waals surface area contributed by atoms with E-state index in [2.05, 4.69) is 32.0 Å². The molecule has 2 saturated heterocycles. The molecular formula is C16H22O2S. The van der Waals surface area contributed by atoms with E-state index in [1.165, 1.54) is 12.0 Å². The van der Waals surface area contributed by atoms with Gasteiger partial charge in [0.2, 0.25) is 0 Å². The number of aryl methyl sites for hydroxylation is 2. The first-order chi connectivity index (χ1) is 8.99. The zero-order valence-corrected chi connectivity index (χ0v) is 12.5. The Bertz CT molecular complexity index is 507. The highest BCUT2D eigenvalue weighted by atomic mass is 32.2. The topological polar surface area (TPSA) is 37.3 Å². The third kappa shape index (κ3) is 2.27. The van der Waals surface area contributed by atoms with Crippen molar-refractivity contribution in [1.29, 1.82) is 0 Å². The van der Waals surface area contributed by atoms with Crippen LogP contribution in [0.25, 0.3) is 0 Å². The molecule has 2 aliphatic heterocycles. The molecule has 19 heavy (non-hydrogen) atoms. The first-order valence-corrected chi connectivity index (χ1v) is 8.47. The quantitative estimate of drug-likeness (QED) is 0.857. The molecule has 104 valence electrons. The lowest BCUT2D eigenvalue weighted by Crippen LogP contribution is -2.47. The van der Waals surface area contributed by atoms with E-state index >= 15 is 0 Å². The van der Waals surface area contributed by atoms with Gasteiger partial charge in [-0.3, -0.25) is 4.21 Å². The number of rotatable bonds is 1. The van der Waals surface area contributed by atoms with Gasteiger partial charge in [-0.2, -0.15) is 0 Å². The van der Waals surface area contributed by atoms with Crippen molar-refractivity contribution in [3.63, 3.8) is 0 Å². The van der Waals surface area contributed by atoms with Crippen LogP contribution in [0.1, 0.15) is 48.8 Å². The van der Waals surface area contributed by atoms with E-state index in [9.17, 15) is 9.32 Å². The standard InChI is InChI=1S/C16H22O2S/c1-11-6-7-15(12(2)8-11)16(17)9-13-4-3-5-14(10-16)19(13)18/h6-8,13-14,17H,3-5,9-10H2,1-2H3. The minimum atomic E-state index is -0.762. The number of benzene rings is 1. The van der Waals surface area contributed by atoms with Crippen LogP contribution in [0.4, 0.5) is 0 Å². The fourth-order valence-corrected chi connectivity index (χ4v) is 6.06. The summed E-state index contributed by atoms with van der Waals surface area (Å²) in [6, 6.07) is 6.27. The highest BCUT2D eigenvalue weighted by Crippen LogP contribution is 2.45. The van der Waals surface area contributed by atoms with Crippen LogP contribution in [0.3, 0.4) is 0 Å². The summed E-state index contributed by atoms with van der Waals surface area (Å²) in [4.78, 5) is 0. The predicted molar refractivity (Wildman–Crippen MR) is 78.6 cm³/mol. The zero-order chi connectivity index (χ0) is 13.6. The molecule has 0 saturated carbocycles. The van der Waals surface area contributed by atoms with E-state index in [-0.39, 0.29) is 10.5 Å². The normalized spacial score (nSPS) is 38.2. The Morgan fingerprint density at radius 1 is 1.21 bits per heavy atom. The molecule has 0 radical (unpaired) electrons. The molecule has 0 aliphatic carbocycles. The maximum atomic E-state index is 12.3. The van der Waals surface area contributed by atoms with E-state index < -0.39 is 16.4 Å². The van der Waals surface area contributed by atoms with Crippen LogP contribution in [0.5, 0.6) is 0 Å². The molecule has 0 spiro atoms. The van der Waals surface area contributed by atoms with Gasteiger partial charge in [0.1, 0.15) is 0 Å². The summed E-state index contributed by atoms with van der Waals surface area (Å²) in [5.74, 6) is 0. The Morgan fingerprint density at radius 3 is 2.42 bits per heavy atom. The monoisotopic (exact) mass is 278 g/mol. The van der Waals surface area contributed by atoms with Gasteiger partial charge in [-0.1, -0.05) is 30.2 Å². The third-order valence-electron chi connectivity index (χ3n) is 4.72. The van der Waals surface area contributed by atoms with Crippen LogP contribution in [-0.2, 0) is 16.4 Å². The molecule has 2 unspecified atom stereocenters. The number of hydrogen-bond donors (Lipinski definition) is 1. The molecule has 2 aliphatic rings. The van der Waals surface area contributed by atoms with E-state index in [4.69, 9.17) is 0 Å². The maximum absolute atomic E-state index is 12.3. The Labute approximate surface area is 117 Å². The first kappa shape index (κ1) is 13.3. The fraction of sp³-hybridized carbons (Fsp3) is 0.625. The second-order valence-corrected chi connectivity index (χ2v) is 8.25. The zero-order valence-electron chi connectivity index (χ0n) is 11.7. The summed E-state index contributed by atoms with van der Waals surface area (Å²) in [6.45, 7) is 4.15. The Morgan fingerprint density at radius 2 is 1.84 bits per heavy atom. The van der Waals surface area contributed by atoms with Crippen LogP contribution in [0, 0.1) is 13.8 Å². The summed E-state index contributed by atoms with van der Waals surface area (Å²) in [6.07, 6.45) is 4.52. The molecule has 1 aromatic carbocycles. The van der Waals surface area contributed by atoms with E-state index in [0.29, 0.717) is 12.8 Å². The van der Waals surface area contributed by atoms with Gasteiger partial charge in [0, 0.05) is 21.3 Å². The van der Waals surface area contributed by atoms with Crippen LogP contribution in [0.15, 0.2) is 18.2 Å². The fourth-order valence-electron chi connectivity index (χ4n) is 3.84. The average Bonchev–Trinajstić information content (AvgIpc) is 2.31. The summed E-state index contributed by atoms with van der Waals surface area (Å²) in [5.41, 5.74) is 2.67. The SMILES string of the molecule is Cc1ccc(C2(O)CC3CCCC(C2)S3=O)c(C)c1. The molecule has 0 amide bonds. The van der Waals surface area contributed by atoms with Crippen molar-refractivity contribution in [2.24, 2.45) is 0 Å². The van der Waals surface area contributed by atoms with Crippen molar-refractivity contribution in [2.45, 2.75) is 62.1 Å². The predicted octanol–water partition coefficient (Wildman–Crippen LogP) is 2.95. The van der Waals surface area contributed by atoms with Crippen molar-refractivity contribution >= 4 is 10.8 Å². The molecule has 0 aromatic heterocycles. The number of fused-ring (bicyclic) bond motifs is 2. The average molecular weight is 278 g/mol. The molecule has 2 fully saturated rings. The van der Waals surface area contributed by atoms with Crippen LogP contribution >= 0.6 is 0 Å². The highest BCUT2D eigenvalue weighted by Gasteiger charge is 2.46. The lowest BCUT2D eigenvalue weighted by atomic mass is 9.78. The third-order valence-corrected chi connectivity index (χ3v) is 6.84. The van der Waals surface area contributed by atoms with E-state index in [1.807, 2.05) is 0 Å². The van der Waals surface area contributed by atoms with Crippen molar-refractivity contribution in [2.75, 3.05) is 0 Å². The molecule has 2 atom stereocenters. The van der Waals surface area contributed by atoms with E-state index in [1.54, 1.807) is 0 Å². The van der Waals surface area contributed by atoms with Gasteiger partial charge in [0.05, 0.1) is 5.60 Å². The largest absolute Gasteiger partial charge is 0.385 e. The highest BCUT2D eigenvalue weighted by molar-refractivity contribution is 7.86. The summed E-state index contributed by atoms with van der Waals surface area (Å²) in [7, 11) is -0.727. The first-order valence-electron chi connectivity index (χ1n) is 7.19. The van der Waals surface area contributed by atoms with Gasteiger partial charge in [-0.25, -0.2) is 0 Å². The number of hydrogen-bond acceptors (Lipinski definition) is 2. The van der Waals surface area contributed by atoms with Gasteiger partial charge in [0.15, 0.2) is 0 Å². The smallest absolute Gasteiger partial charge is 0.0922 e. The van der Waals surface area contributed by atoms with Crippen LogP contribution in [0.2, 0.25) is 0 Å².